The van der Waals surface area contributed by atoms with Gasteiger partial charge in [-0.3, -0.25) is 13.9 Å². The monoisotopic (exact) mass is 553 g/mol. The summed E-state index contributed by atoms with van der Waals surface area (Å²) in [6.07, 6.45) is 0.522. The summed E-state index contributed by atoms with van der Waals surface area (Å²) in [6.45, 7) is 2.00. The van der Waals surface area contributed by atoms with Crippen LogP contribution in [-0.4, -0.2) is 59.9 Å². The molecule has 206 valence electrons. The maximum absolute atomic E-state index is 13.2. The molecule has 1 aliphatic heterocycles. The van der Waals surface area contributed by atoms with Crippen LogP contribution in [0.15, 0.2) is 60.7 Å². The molecule has 11 heteroatoms. The molecule has 1 heterocycles. The Bertz CT molecular complexity index is 1490. The highest BCUT2D eigenvalue weighted by molar-refractivity contribution is 7.92. The second-order valence-corrected chi connectivity index (χ2v) is 11.0. The lowest BCUT2D eigenvalue weighted by molar-refractivity contribution is -0.122. The second kappa shape index (κ2) is 11.6. The number of ether oxygens (including phenoxy) is 3. The summed E-state index contributed by atoms with van der Waals surface area (Å²) in [6, 6.07) is 17.3. The quantitative estimate of drug-likeness (QED) is 0.417. The number of benzene rings is 3. The number of carbonyl (C=O) groups is 2. The Morgan fingerprint density at radius 2 is 1.77 bits per heavy atom. The number of amides is 2. The van der Waals surface area contributed by atoms with Crippen molar-refractivity contribution < 1.29 is 32.2 Å². The number of sulfonamides is 1. The van der Waals surface area contributed by atoms with Gasteiger partial charge < -0.3 is 24.8 Å². The van der Waals surface area contributed by atoms with Crippen LogP contribution in [0.5, 0.6) is 17.2 Å². The molecule has 3 aromatic rings. The number of methoxy groups -OCH3 is 2. The SMILES string of the molecule is COc1ccc(CCNC(=O)c2ccccc2NC(=O)C2CN(S(C)(=O)=O)c3cc(C)ccc3O2)cc1OC. The predicted molar refractivity (Wildman–Crippen MR) is 148 cm³/mol. The van der Waals surface area contributed by atoms with E-state index < -0.39 is 22.0 Å². The van der Waals surface area contributed by atoms with Crippen molar-refractivity contribution in [1.29, 1.82) is 0 Å². The molecule has 10 nitrogen and oxygen atoms in total. The second-order valence-electron chi connectivity index (χ2n) is 9.10. The minimum atomic E-state index is -3.66. The maximum Gasteiger partial charge on any atom is 0.267 e. The van der Waals surface area contributed by atoms with Crippen molar-refractivity contribution in [3.8, 4) is 17.2 Å². The van der Waals surface area contributed by atoms with E-state index in [1.807, 2.05) is 19.1 Å². The number of nitrogens with one attached hydrogen (secondary N) is 2. The highest BCUT2D eigenvalue weighted by atomic mass is 32.2. The van der Waals surface area contributed by atoms with Crippen molar-refractivity contribution in [3.63, 3.8) is 0 Å². The van der Waals surface area contributed by atoms with Gasteiger partial charge >= 0.3 is 0 Å². The molecular weight excluding hydrogens is 522 g/mol. The van der Waals surface area contributed by atoms with Gasteiger partial charge in [0.05, 0.1) is 44.0 Å². The number of anilines is 2. The minimum Gasteiger partial charge on any atom is -0.493 e. The lowest BCUT2D eigenvalue weighted by Crippen LogP contribution is -2.48. The van der Waals surface area contributed by atoms with Crippen LogP contribution in [0.25, 0.3) is 0 Å². The third-order valence-electron chi connectivity index (χ3n) is 6.25. The third-order valence-corrected chi connectivity index (χ3v) is 7.40. The average Bonchev–Trinajstić information content (AvgIpc) is 2.91. The van der Waals surface area contributed by atoms with Crippen molar-refractivity contribution in [2.75, 3.05) is 43.2 Å². The molecule has 0 bridgehead atoms. The molecule has 1 aliphatic rings. The van der Waals surface area contributed by atoms with Gasteiger partial charge in [0.25, 0.3) is 11.8 Å². The Morgan fingerprint density at radius 1 is 1.03 bits per heavy atom. The molecule has 0 fully saturated rings. The number of nitrogens with zero attached hydrogens (tertiary/aromatic N) is 1. The molecule has 2 amide bonds. The molecular formula is C28H31N3O7S. The van der Waals surface area contributed by atoms with Crippen LogP contribution in [-0.2, 0) is 21.2 Å². The Morgan fingerprint density at radius 3 is 2.49 bits per heavy atom. The zero-order valence-electron chi connectivity index (χ0n) is 22.2. The minimum absolute atomic E-state index is 0.194. The molecule has 1 unspecified atom stereocenters. The van der Waals surface area contributed by atoms with Crippen molar-refractivity contribution in [2.45, 2.75) is 19.4 Å². The van der Waals surface area contributed by atoms with E-state index in [1.165, 1.54) is 0 Å². The van der Waals surface area contributed by atoms with Crippen LogP contribution in [0.1, 0.15) is 21.5 Å². The molecule has 1 atom stereocenters. The van der Waals surface area contributed by atoms with E-state index in [2.05, 4.69) is 10.6 Å². The van der Waals surface area contributed by atoms with Crippen LogP contribution in [0.4, 0.5) is 11.4 Å². The molecule has 4 rings (SSSR count). The van der Waals surface area contributed by atoms with Crippen molar-refractivity contribution in [2.24, 2.45) is 0 Å². The van der Waals surface area contributed by atoms with Gasteiger partial charge in [0.2, 0.25) is 10.0 Å². The lowest BCUT2D eigenvalue weighted by Gasteiger charge is -2.34. The molecule has 39 heavy (non-hydrogen) atoms. The summed E-state index contributed by atoms with van der Waals surface area (Å²) in [5, 5.41) is 5.61. The Hall–Kier alpha value is -4.25. The molecule has 0 radical (unpaired) electrons. The largest absolute Gasteiger partial charge is 0.493 e. The number of rotatable bonds is 9. The fraction of sp³-hybridized carbons (Fsp3) is 0.286. The maximum atomic E-state index is 13.2. The van der Waals surface area contributed by atoms with E-state index in [4.69, 9.17) is 14.2 Å². The lowest BCUT2D eigenvalue weighted by atomic mass is 10.1. The van der Waals surface area contributed by atoms with Crippen molar-refractivity contribution >= 4 is 33.2 Å². The Labute approximate surface area is 227 Å². The van der Waals surface area contributed by atoms with E-state index in [9.17, 15) is 18.0 Å². The first-order chi connectivity index (χ1) is 18.6. The summed E-state index contributed by atoms with van der Waals surface area (Å²) in [5.41, 5.74) is 2.76. The van der Waals surface area contributed by atoms with Crippen LogP contribution in [0.3, 0.4) is 0 Å². The average molecular weight is 554 g/mol. The standard InChI is InChI=1S/C28H31N3O7S/c1-18-9-11-23-22(15-18)31(39(4,34)35)17-26(38-23)28(33)30-21-8-6-5-7-20(21)27(32)29-14-13-19-10-12-24(36-2)25(16-19)37-3/h5-12,15-16,26H,13-14,17H2,1-4H3,(H,29,32)(H,30,33). The number of para-hydroxylation sites is 1. The molecule has 0 spiro atoms. The first kappa shape index (κ1) is 27.8. The summed E-state index contributed by atoms with van der Waals surface area (Å²) in [7, 11) is -0.538. The van der Waals surface area contributed by atoms with Crippen molar-refractivity contribution in [1.82, 2.24) is 5.32 Å². The smallest absolute Gasteiger partial charge is 0.267 e. The number of fused-ring (bicyclic) bond motifs is 1. The van der Waals surface area contributed by atoms with E-state index in [-0.39, 0.29) is 23.7 Å². The zero-order valence-corrected chi connectivity index (χ0v) is 23.0. The predicted octanol–water partition coefficient (Wildman–Crippen LogP) is 3.15. The van der Waals surface area contributed by atoms with Gasteiger partial charge in [0.15, 0.2) is 17.6 Å². The normalized spacial score (nSPS) is 14.6. The fourth-order valence-corrected chi connectivity index (χ4v) is 5.17. The van der Waals surface area contributed by atoms with Gasteiger partial charge in [-0.25, -0.2) is 8.42 Å². The highest BCUT2D eigenvalue weighted by Gasteiger charge is 2.35. The van der Waals surface area contributed by atoms with Gasteiger partial charge in [0.1, 0.15) is 5.75 Å². The third kappa shape index (κ3) is 6.43. The molecule has 0 aromatic heterocycles. The van der Waals surface area contributed by atoms with Gasteiger partial charge in [-0.1, -0.05) is 24.3 Å². The molecule has 0 aliphatic carbocycles. The van der Waals surface area contributed by atoms with Gasteiger partial charge in [0, 0.05) is 6.54 Å². The van der Waals surface area contributed by atoms with Gasteiger partial charge in [-0.2, -0.15) is 0 Å². The van der Waals surface area contributed by atoms with Crippen LogP contribution >= 0.6 is 0 Å². The number of hydrogen-bond donors (Lipinski definition) is 2. The fourth-order valence-electron chi connectivity index (χ4n) is 4.27. The Kier molecular flexibility index (Phi) is 8.29. The Balaban J connectivity index is 1.44. The first-order valence-electron chi connectivity index (χ1n) is 12.2. The van der Waals surface area contributed by atoms with E-state index in [0.717, 1.165) is 21.7 Å². The summed E-state index contributed by atoms with van der Waals surface area (Å²) >= 11 is 0. The van der Waals surface area contributed by atoms with Crippen LogP contribution < -0.4 is 29.1 Å². The topological polar surface area (TPSA) is 123 Å². The molecule has 2 N–H and O–H groups in total. The van der Waals surface area contributed by atoms with E-state index in [0.29, 0.717) is 35.9 Å². The van der Waals surface area contributed by atoms with E-state index >= 15 is 0 Å². The summed E-state index contributed by atoms with van der Waals surface area (Å²) < 4.78 is 42.5. The summed E-state index contributed by atoms with van der Waals surface area (Å²) in [4.78, 5) is 26.2. The molecule has 0 saturated carbocycles. The van der Waals surface area contributed by atoms with Gasteiger partial charge in [-0.15, -0.1) is 0 Å². The highest BCUT2D eigenvalue weighted by Crippen LogP contribution is 2.36. The van der Waals surface area contributed by atoms with E-state index in [1.54, 1.807) is 62.8 Å². The zero-order chi connectivity index (χ0) is 28.2. The number of carbonyl (C=O) groups excluding carboxylic acids is 2. The van der Waals surface area contributed by atoms with Crippen molar-refractivity contribution in [3.05, 3.63) is 77.4 Å². The van der Waals surface area contributed by atoms with Crippen LogP contribution in [0.2, 0.25) is 0 Å². The first-order valence-corrected chi connectivity index (χ1v) is 14.1. The number of hydrogen-bond acceptors (Lipinski definition) is 7. The number of aryl methyl sites for hydroxylation is 1. The summed E-state index contributed by atoms with van der Waals surface area (Å²) in [5.74, 6) is 0.579. The van der Waals surface area contributed by atoms with Crippen LogP contribution in [0, 0.1) is 6.92 Å². The molecule has 0 saturated heterocycles. The molecule has 3 aromatic carbocycles. The van der Waals surface area contributed by atoms with Gasteiger partial charge in [-0.05, 0) is 60.9 Å².